The molecule has 0 fully saturated rings. The molecule has 0 rings (SSSR count). The molecule has 0 bridgehead atoms. The Bertz CT molecular complexity index is 51.0. The van der Waals surface area contributed by atoms with Crippen LogP contribution in [0.25, 0.3) is 0 Å². The molecular weight excluding hydrogens is 110 g/mol. The summed E-state index contributed by atoms with van der Waals surface area (Å²) in [7, 11) is -1.16. The Morgan fingerprint density at radius 3 is 1.60 bits per heavy atom. The molecule has 0 saturated heterocycles. The van der Waals surface area contributed by atoms with Crippen molar-refractivity contribution in [2.45, 2.75) is 0 Å². The zero-order valence-electron chi connectivity index (χ0n) is 2.20. The molecule has 0 aliphatic rings. The van der Waals surface area contributed by atoms with Gasteiger partial charge >= 0.3 is 7.28 Å². The molecule has 0 spiro atoms. The summed E-state index contributed by atoms with van der Waals surface area (Å²) in [6.45, 7) is 0. The minimum Gasteiger partial charge on any atom is -0.321 e. The monoisotopic (exact) mass is 112 g/mol. The summed E-state index contributed by atoms with van der Waals surface area (Å²) in [5.74, 6) is 0. The number of rotatable bonds is 0. The standard InChI is InChI=1S/H2O3P2/c1-5(2,3)4/h(H2,1,2,3). The van der Waals surface area contributed by atoms with E-state index in [1.807, 2.05) is 0 Å². The van der Waals surface area contributed by atoms with E-state index in [-0.39, 0.29) is 0 Å². The highest BCUT2D eigenvalue weighted by molar-refractivity contribution is 8.11. The van der Waals surface area contributed by atoms with Gasteiger partial charge in [0, 0.05) is 0 Å². The Morgan fingerprint density at radius 1 is 1.60 bits per heavy atom. The van der Waals surface area contributed by atoms with Crippen LogP contribution >= 0.6 is 16.2 Å². The van der Waals surface area contributed by atoms with Crippen LogP contribution in [0.2, 0.25) is 0 Å². The van der Waals surface area contributed by atoms with E-state index in [4.69, 9.17) is 9.79 Å². The van der Waals surface area contributed by atoms with Gasteiger partial charge in [-0.3, -0.25) is 4.57 Å². The van der Waals surface area contributed by atoms with Gasteiger partial charge in [0.15, 0.2) is 0 Å². The molecule has 0 heterocycles. The van der Waals surface area contributed by atoms with Gasteiger partial charge in [-0.15, -0.1) is 0 Å². The van der Waals surface area contributed by atoms with Gasteiger partial charge in [0.2, 0.25) is 0 Å². The fourth-order valence-corrected chi connectivity index (χ4v) is 0. The second kappa shape index (κ2) is 1.36. The molecule has 0 aliphatic heterocycles. The molecule has 0 amide bonds. The van der Waals surface area contributed by atoms with E-state index in [9.17, 15) is 4.57 Å². The minimum atomic E-state index is -3.94. The maximum absolute atomic E-state index is 9.19. The summed E-state index contributed by atoms with van der Waals surface area (Å²) in [6, 6.07) is 0. The van der Waals surface area contributed by atoms with Crippen molar-refractivity contribution >= 4 is 16.2 Å². The van der Waals surface area contributed by atoms with Crippen LogP contribution in [-0.2, 0) is 4.57 Å². The van der Waals surface area contributed by atoms with Gasteiger partial charge in [-0.1, -0.05) is 0 Å². The van der Waals surface area contributed by atoms with Crippen molar-refractivity contribution in [2.75, 3.05) is 0 Å². The first kappa shape index (κ1) is 5.58. The van der Waals surface area contributed by atoms with Crippen LogP contribution in [0.15, 0.2) is 0 Å². The lowest BCUT2D eigenvalue weighted by Gasteiger charge is -1.82. The van der Waals surface area contributed by atoms with E-state index in [1.54, 1.807) is 0 Å². The molecule has 0 aromatic carbocycles. The van der Waals surface area contributed by atoms with Gasteiger partial charge < -0.3 is 9.79 Å². The number of hydrogen-bond acceptors (Lipinski definition) is 1. The van der Waals surface area contributed by atoms with Crippen LogP contribution in [0.3, 0.4) is 0 Å². The highest BCUT2D eigenvalue weighted by Crippen LogP contribution is 2.43. The lowest BCUT2D eigenvalue weighted by atomic mass is 15.8. The van der Waals surface area contributed by atoms with Crippen molar-refractivity contribution in [1.29, 1.82) is 0 Å². The third-order valence-corrected chi connectivity index (χ3v) is 0. The Balaban J connectivity index is 3.47. The van der Waals surface area contributed by atoms with Crippen LogP contribution in [-0.4, -0.2) is 9.79 Å². The first-order chi connectivity index (χ1) is 2.00. The van der Waals surface area contributed by atoms with Crippen molar-refractivity contribution in [3.05, 3.63) is 0 Å². The predicted molar refractivity (Wildman–Crippen MR) is 19.0 cm³/mol. The lowest BCUT2D eigenvalue weighted by molar-refractivity contribution is 0.397. The summed E-state index contributed by atoms with van der Waals surface area (Å²) in [5.41, 5.74) is 0. The molecule has 0 aliphatic carbocycles. The van der Waals surface area contributed by atoms with E-state index in [2.05, 4.69) is 8.93 Å². The van der Waals surface area contributed by atoms with Crippen molar-refractivity contribution in [2.24, 2.45) is 0 Å². The SMILES string of the molecule is O=P(O)(O)[P]. The Labute approximate surface area is 31.7 Å². The van der Waals surface area contributed by atoms with Gasteiger partial charge in [-0.2, -0.15) is 0 Å². The maximum Gasteiger partial charge on any atom is 0.354 e. The zero-order valence-corrected chi connectivity index (χ0v) is 3.99. The van der Waals surface area contributed by atoms with Crippen molar-refractivity contribution in [1.82, 2.24) is 0 Å². The third-order valence-electron chi connectivity index (χ3n) is 0. The van der Waals surface area contributed by atoms with E-state index in [0.29, 0.717) is 0 Å². The molecular formula is H2O3P2. The first-order valence-electron chi connectivity index (χ1n) is 0.783. The van der Waals surface area contributed by atoms with Crippen LogP contribution in [0.1, 0.15) is 0 Å². The summed E-state index contributed by atoms with van der Waals surface area (Å²) >= 11 is 0. The fraction of sp³-hybridized carbons (Fsp3) is 0. The quantitative estimate of drug-likeness (QED) is 0.448. The van der Waals surface area contributed by atoms with E-state index in [0.717, 1.165) is 0 Å². The predicted octanol–water partition coefficient (Wildman–Crippen LogP) is 0.490. The third kappa shape index (κ3) is 90.6. The zero-order chi connectivity index (χ0) is 4.50. The Hall–Kier alpha value is 0.580. The van der Waals surface area contributed by atoms with Crippen LogP contribution in [0.5, 0.6) is 0 Å². The van der Waals surface area contributed by atoms with Crippen molar-refractivity contribution in [3.8, 4) is 0 Å². The molecule has 2 radical (unpaired) electrons. The highest BCUT2D eigenvalue weighted by atomic mass is 32.1. The first-order valence-corrected chi connectivity index (χ1v) is 3.55. The molecule has 0 unspecified atom stereocenters. The molecule has 3 nitrogen and oxygen atoms in total. The van der Waals surface area contributed by atoms with Crippen LogP contribution < -0.4 is 0 Å². The summed E-state index contributed by atoms with van der Waals surface area (Å²) in [5, 5.41) is 0. The Kier molecular flexibility index (Phi) is 1.51. The second-order valence-electron chi connectivity index (χ2n) is 0.513. The van der Waals surface area contributed by atoms with Crippen molar-refractivity contribution < 1.29 is 14.4 Å². The van der Waals surface area contributed by atoms with Crippen molar-refractivity contribution in [3.63, 3.8) is 0 Å². The highest BCUT2D eigenvalue weighted by Gasteiger charge is 1.98. The van der Waals surface area contributed by atoms with Gasteiger partial charge in [-0.25, -0.2) is 0 Å². The average Bonchev–Trinajstić information content (AvgIpc) is 0.722. The largest absolute Gasteiger partial charge is 0.354 e. The number of hydrogen-bond donors (Lipinski definition) is 2. The molecule has 0 aromatic rings. The summed E-state index contributed by atoms with van der Waals surface area (Å²) in [6.07, 6.45) is 0. The van der Waals surface area contributed by atoms with Gasteiger partial charge in [-0.05, 0) is 0 Å². The van der Waals surface area contributed by atoms with Crippen LogP contribution in [0.4, 0.5) is 0 Å². The van der Waals surface area contributed by atoms with Gasteiger partial charge in [0.1, 0.15) is 0 Å². The molecule has 0 atom stereocenters. The average molecular weight is 112 g/mol. The van der Waals surface area contributed by atoms with Gasteiger partial charge in [0.25, 0.3) is 0 Å². The summed E-state index contributed by atoms with van der Waals surface area (Å²) < 4.78 is 9.19. The maximum atomic E-state index is 9.19. The van der Waals surface area contributed by atoms with E-state index in [1.165, 1.54) is 0 Å². The lowest BCUT2D eigenvalue weighted by Crippen LogP contribution is -1.53. The molecule has 0 aromatic heterocycles. The topological polar surface area (TPSA) is 57.5 Å². The fourth-order valence-electron chi connectivity index (χ4n) is 0. The molecule has 5 heteroatoms. The normalized spacial score (nSPS) is 11.8. The molecule has 2 N–H and O–H groups in total. The Morgan fingerprint density at radius 2 is 1.60 bits per heavy atom. The smallest absolute Gasteiger partial charge is 0.321 e. The second-order valence-corrected chi connectivity index (χ2v) is 3.10. The van der Waals surface area contributed by atoms with Crippen LogP contribution in [0, 0.1) is 0 Å². The summed E-state index contributed by atoms with van der Waals surface area (Å²) in [4.78, 5) is 15.0. The molecule has 5 heavy (non-hydrogen) atoms. The van der Waals surface area contributed by atoms with E-state index < -0.39 is 7.28 Å². The minimum absolute atomic E-state index is 2.79. The van der Waals surface area contributed by atoms with E-state index >= 15 is 0 Å². The van der Waals surface area contributed by atoms with Gasteiger partial charge in [0.05, 0.1) is 8.93 Å². The molecule has 30 valence electrons. The molecule has 0 saturated carbocycles.